The number of nitrogens with one attached hydrogen (secondary N) is 1. The summed E-state index contributed by atoms with van der Waals surface area (Å²) in [6, 6.07) is 8.52. The molecule has 24 heavy (non-hydrogen) atoms. The predicted octanol–water partition coefficient (Wildman–Crippen LogP) is 3.84. The Balaban J connectivity index is 2.03. The molecule has 0 atom stereocenters. The van der Waals surface area contributed by atoms with Gasteiger partial charge in [0.15, 0.2) is 0 Å². The molecule has 1 amide bonds. The Kier molecular flexibility index (Phi) is 6.36. The number of hydrogen-bond donors (Lipinski definition) is 2. The lowest BCUT2D eigenvalue weighted by Crippen LogP contribution is -2.14. The second-order valence-corrected chi connectivity index (χ2v) is 6.49. The molecule has 122 valence electrons. The number of amides is 1. The third-order valence-corrected chi connectivity index (χ3v) is 4.54. The number of rotatable bonds is 6. The Bertz CT molecular complexity index is 823. The minimum absolute atomic E-state index is 0.141. The fraction of sp³-hybridized carbons (Fsp3) is 0. The standard InChI is InChI=1S/C17H13BrN2O3S/c1-11(19-9-15-8-14(18)10-24-15)17(22)13-5-2-12(3-6-13)4-7-16(21)20-23/h2-10,23H,1H2,(H,20,21). The van der Waals surface area contributed by atoms with Gasteiger partial charge >= 0.3 is 0 Å². The number of benzene rings is 1. The number of nitrogens with zero attached hydrogens (tertiary/aromatic N) is 1. The Labute approximate surface area is 151 Å². The summed E-state index contributed by atoms with van der Waals surface area (Å²) in [5.74, 6) is -0.899. The van der Waals surface area contributed by atoms with Crippen LogP contribution < -0.4 is 5.48 Å². The second kappa shape index (κ2) is 8.49. The summed E-state index contributed by atoms with van der Waals surface area (Å²) in [4.78, 5) is 28.2. The van der Waals surface area contributed by atoms with E-state index < -0.39 is 5.91 Å². The molecule has 0 radical (unpaired) electrons. The molecule has 0 saturated carbocycles. The number of Topliss-reactive ketones (excluding diaryl/α,β-unsaturated/α-hetero) is 1. The van der Waals surface area contributed by atoms with E-state index >= 15 is 0 Å². The van der Waals surface area contributed by atoms with E-state index in [1.165, 1.54) is 29.0 Å². The van der Waals surface area contributed by atoms with Crippen LogP contribution in [-0.4, -0.2) is 23.1 Å². The first-order valence-electron chi connectivity index (χ1n) is 6.73. The van der Waals surface area contributed by atoms with Crippen LogP contribution >= 0.6 is 27.3 Å². The number of allylic oxidation sites excluding steroid dienone is 1. The van der Waals surface area contributed by atoms with Gasteiger partial charge in [0.1, 0.15) is 5.70 Å². The van der Waals surface area contributed by atoms with Crippen LogP contribution in [-0.2, 0) is 4.79 Å². The molecule has 5 nitrogen and oxygen atoms in total. The normalized spacial score (nSPS) is 11.1. The molecule has 2 rings (SSSR count). The van der Waals surface area contributed by atoms with Gasteiger partial charge in [-0.1, -0.05) is 30.8 Å². The van der Waals surface area contributed by atoms with Gasteiger partial charge in [0, 0.05) is 32.6 Å². The SMILES string of the molecule is C=C(N=Cc1cc(Br)cs1)C(=O)c1ccc(C=CC(=O)NO)cc1. The molecular formula is C17H13BrN2O3S. The zero-order valence-corrected chi connectivity index (χ0v) is 14.8. The van der Waals surface area contributed by atoms with Crippen molar-refractivity contribution in [3.05, 3.63) is 74.5 Å². The van der Waals surface area contributed by atoms with Gasteiger partial charge in [-0.25, -0.2) is 5.48 Å². The largest absolute Gasteiger partial charge is 0.288 e. The third kappa shape index (κ3) is 5.09. The van der Waals surface area contributed by atoms with Crippen molar-refractivity contribution in [2.45, 2.75) is 0 Å². The third-order valence-electron chi connectivity index (χ3n) is 2.91. The Morgan fingerprint density at radius 2 is 2.00 bits per heavy atom. The van der Waals surface area contributed by atoms with Crippen molar-refractivity contribution in [1.29, 1.82) is 0 Å². The van der Waals surface area contributed by atoms with Gasteiger partial charge in [-0.15, -0.1) is 11.3 Å². The van der Waals surface area contributed by atoms with Crippen molar-refractivity contribution in [1.82, 2.24) is 5.48 Å². The molecule has 0 bridgehead atoms. The number of hydroxylamine groups is 1. The van der Waals surface area contributed by atoms with Gasteiger partial charge in [-0.3, -0.25) is 19.8 Å². The van der Waals surface area contributed by atoms with E-state index in [2.05, 4.69) is 27.5 Å². The molecule has 0 aliphatic heterocycles. The predicted molar refractivity (Wildman–Crippen MR) is 98.5 cm³/mol. The molecule has 0 saturated heterocycles. The highest BCUT2D eigenvalue weighted by Gasteiger charge is 2.09. The first-order valence-corrected chi connectivity index (χ1v) is 8.41. The average Bonchev–Trinajstić information content (AvgIpc) is 3.02. The summed E-state index contributed by atoms with van der Waals surface area (Å²) >= 11 is 4.86. The zero-order valence-electron chi connectivity index (χ0n) is 12.4. The number of aliphatic imine (C=N–C) groups is 1. The molecule has 1 aromatic carbocycles. The highest BCUT2D eigenvalue weighted by atomic mass is 79.9. The molecule has 2 N–H and O–H groups in total. The molecule has 1 aromatic heterocycles. The van der Waals surface area contributed by atoms with Crippen LogP contribution in [0.1, 0.15) is 20.8 Å². The van der Waals surface area contributed by atoms with E-state index in [0.717, 1.165) is 9.35 Å². The maximum absolute atomic E-state index is 12.3. The summed E-state index contributed by atoms with van der Waals surface area (Å²) in [7, 11) is 0. The zero-order chi connectivity index (χ0) is 17.5. The minimum atomic E-state index is -0.627. The fourth-order valence-corrected chi connectivity index (χ4v) is 3.02. The van der Waals surface area contributed by atoms with E-state index in [-0.39, 0.29) is 11.5 Å². The topological polar surface area (TPSA) is 78.8 Å². The first-order chi connectivity index (χ1) is 11.5. The molecule has 0 unspecified atom stereocenters. The highest BCUT2D eigenvalue weighted by Crippen LogP contribution is 2.18. The van der Waals surface area contributed by atoms with Crippen molar-refractivity contribution in [3.63, 3.8) is 0 Å². The van der Waals surface area contributed by atoms with E-state index in [1.807, 2.05) is 11.4 Å². The van der Waals surface area contributed by atoms with Gasteiger partial charge in [-0.05, 0) is 33.6 Å². The number of ketones is 1. The van der Waals surface area contributed by atoms with Gasteiger partial charge in [0.25, 0.3) is 5.91 Å². The summed E-state index contributed by atoms with van der Waals surface area (Å²) in [6.07, 6.45) is 4.29. The monoisotopic (exact) mass is 404 g/mol. The maximum Gasteiger partial charge on any atom is 0.267 e. The number of thiophene rings is 1. The summed E-state index contributed by atoms with van der Waals surface area (Å²) < 4.78 is 0.962. The van der Waals surface area contributed by atoms with E-state index in [4.69, 9.17) is 5.21 Å². The molecule has 2 aromatic rings. The van der Waals surface area contributed by atoms with Crippen LogP contribution in [0, 0.1) is 0 Å². The maximum atomic E-state index is 12.3. The van der Waals surface area contributed by atoms with E-state index in [0.29, 0.717) is 11.1 Å². The van der Waals surface area contributed by atoms with Gasteiger partial charge in [0.2, 0.25) is 5.78 Å². The summed E-state index contributed by atoms with van der Waals surface area (Å²) in [6.45, 7) is 3.70. The van der Waals surface area contributed by atoms with E-state index in [1.54, 1.807) is 30.5 Å². The lowest BCUT2D eigenvalue weighted by molar-refractivity contribution is -0.124. The first kappa shape index (κ1) is 18.0. The van der Waals surface area contributed by atoms with Crippen molar-refractivity contribution >= 4 is 51.2 Å². The van der Waals surface area contributed by atoms with Gasteiger partial charge < -0.3 is 0 Å². The van der Waals surface area contributed by atoms with Gasteiger partial charge in [0.05, 0.1) is 0 Å². The number of halogens is 1. The highest BCUT2D eigenvalue weighted by molar-refractivity contribution is 9.10. The van der Waals surface area contributed by atoms with Crippen LogP contribution in [0.25, 0.3) is 6.08 Å². The Morgan fingerprint density at radius 3 is 2.58 bits per heavy atom. The van der Waals surface area contributed by atoms with Crippen LogP contribution in [0.3, 0.4) is 0 Å². The van der Waals surface area contributed by atoms with Crippen LogP contribution in [0.4, 0.5) is 0 Å². The number of carbonyl (C=O) groups is 2. The van der Waals surface area contributed by atoms with Crippen molar-refractivity contribution in [2.24, 2.45) is 4.99 Å². The molecular weight excluding hydrogens is 392 g/mol. The van der Waals surface area contributed by atoms with Crippen molar-refractivity contribution < 1.29 is 14.8 Å². The van der Waals surface area contributed by atoms with E-state index in [9.17, 15) is 9.59 Å². The van der Waals surface area contributed by atoms with Crippen molar-refractivity contribution in [2.75, 3.05) is 0 Å². The lowest BCUT2D eigenvalue weighted by atomic mass is 10.1. The molecule has 1 heterocycles. The lowest BCUT2D eigenvalue weighted by Gasteiger charge is -2.01. The van der Waals surface area contributed by atoms with Crippen LogP contribution in [0.2, 0.25) is 0 Å². The second-order valence-electron chi connectivity index (χ2n) is 4.63. The Morgan fingerprint density at radius 1 is 1.29 bits per heavy atom. The van der Waals surface area contributed by atoms with Crippen molar-refractivity contribution in [3.8, 4) is 0 Å². The van der Waals surface area contributed by atoms with Gasteiger partial charge in [-0.2, -0.15) is 0 Å². The molecule has 0 spiro atoms. The van der Waals surface area contributed by atoms with Crippen LogP contribution in [0.15, 0.2) is 63.5 Å². The Hall–Kier alpha value is -2.35. The molecule has 0 fully saturated rings. The number of carbonyl (C=O) groups excluding carboxylic acids is 2. The van der Waals surface area contributed by atoms with Crippen LogP contribution in [0.5, 0.6) is 0 Å². The molecule has 7 heteroatoms. The fourth-order valence-electron chi connectivity index (χ4n) is 1.72. The molecule has 0 aliphatic carbocycles. The quantitative estimate of drug-likeness (QED) is 0.252. The smallest absolute Gasteiger partial charge is 0.267 e. The average molecular weight is 405 g/mol. The minimum Gasteiger partial charge on any atom is -0.288 e. The summed E-state index contributed by atoms with van der Waals surface area (Å²) in [5.41, 5.74) is 2.81. The number of hydrogen-bond acceptors (Lipinski definition) is 5. The molecule has 0 aliphatic rings. The summed E-state index contributed by atoms with van der Waals surface area (Å²) in [5, 5.41) is 10.3.